The highest BCUT2D eigenvalue weighted by Gasteiger charge is 2.29. The molecule has 2 rings (SSSR count). The van der Waals surface area contributed by atoms with Gasteiger partial charge in [-0.05, 0) is 82.3 Å². The van der Waals surface area contributed by atoms with Gasteiger partial charge in [0.15, 0.2) is 5.60 Å². The highest BCUT2D eigenvalue weighted by molar-refractivity contribution is 5.76. The Balaban J connectivity index is 1.91. The van der Waals surface area contributed by atoms with Crippen molar-refractivity contribution in [3.63, 3.8) is 0 Å². The molecule has 0 atom stereocenters. The van der Waals surface area contributed by atoms with Gasteiger partial charge in [-0.3, -0.25) is 4.99 Å². The lowest BCUT2D eigenvalue weighted by atomic mass is 10.1. The minimum Gasteiger partial charge on any atom is -0.511 e. The van der Waals surface area contributed by atoms with Crippen molar-refractivity contribution in [3.05, 3.63) is 96.1 Å². The molecule has 0 aliphatic carbocycles. The van der Waals surface area contributed by atoms with Gasteiger partial charge in [-0.1, -0.05) is 18.2 Å². The van der Waals surface area contributed by atoms with E-state index in [1.54, 1.807) is 68.8 Å². The minimum atomic E-state index is -1.33. The summed E-state index contributed by atoms with van der Waals surface area (Å²) in [7, 11) is 1.60. The molecule has 0 amide bonds. The first-order valence-electron chi connectivity index (χ1n) is 12.0. The zero-order chi connectivity index (χ0) is 28.0. The predicted octanol–water partition coefficient (Wildman–Crippen LogP) is 6.66. The third-order valence-electron chi connectivity index (χ3n) is 5.03. The largest absolute Gasteiger partial charge is 0.511 e. The van der Waals surface area contributed by atoms with Crippen LogP contribution in [0.15, 0.2) is 101 Å². The molecule has 0 saturated carbocycles. The Bertz CT molecular complexity index is 1200. The average Bonchev–Trinajstić information content (AvgIpc) is 2.88. The summed E-state index contributed by atoms with van der Waals surface area (Å²) in [6.45, 7) is 6.72. The van der Waals surface area contributed by atoms with E-state index in [0.717, 1.165) is 0 Å². The van der Waals surface area contributed by atoms with Crippen molar-refractivity contribution < 1.29 is 34.0 Å². The molecule has 0 aromatic heterocycles. The van der Waals surface area contributed by atoms with Gasteiger partial charge in [0, 0.05) is 18.7 Å². The van der Waals surface area contributed by atoms with Crippen molar-refractivity contribution in [3.8, 4) is 23.0 Å². The Morgan fingerprint density at radius 2 is 1.68 bits per heavy atom. The number of nitrogens with zero attached hydrogens (tertiary/aromatic N) is 1. The van der Waals surface area contributed by atoms with Crippen LogP contribution in [-0.2, 0) is 4.79 Å². The first-order chi connectivity index (χ1) is 18.1. The van der Waals surface area contributed by atoms with Crippen LogP contribution in [-0.4, -0.2) is 41.7 Å². The van der Waals surface area contributed by atoms with E-state index >= 15 is 0 Å². The van der Waals surface area contributed by atoms with Crippen molar-refractivity contribution in [2.75, 3.05) is 13.7 Å². The van der Waals surface area contributed by atoms with E-state index in [1.165, 1.54) is 13.8 Å². The number of aliphatic hydroxyl groups excluding tert-OH is 1. The molecule has 0 aliphatic rings. The number of methoxy groups -OCH3 is 1. The van der Waals surface area contributed by atoms with E-state index in [9.17, 15) is 15.0 Å². The Labute approximate surface area is 223 Å². The SMILES string of the molecule is C\C=C/C(=C\C=C\C=N\C(CCOc1ccc(OC(C)(C)C(=O)O)cc1)=C(\C)O)Oc1cccc(OC)c1. The lowest BCUT2D eigenvalue weighted by Crippen LogP contribution is -2.37. The Morgan fingerprint density at radius 3 is 2.32 bits per heavy atom. The number of ether oxygens (including phenoxy) is 4. The fourth-order valence-corrected chi connectivity index (χ4v) is 2.97. The molecule has 2 aromatic carbocycles. The number of aliphatic hydroxyl groups is 1. The summed E-state index contributed by atoms with van der Waals surface area (Å²) >= 11 is 0. The van der Waals surface area contributed by atoms with Crippen LogP contribution >= 0.6 is 0 Å². The summed E-state index contributed by atoms with van der Waals surface area (Å²) in [6.07, 6.45) is 11.0. The second-order valence-electron chi connectivity index (χ2n) is 8.53. The number of carboxylic acids is 1. The molecule has 2 N–H and O–H groups in total. The topological polar surface area (TPSA) is 107 Å². The maximum Gasteiger partial charge on any atom is 0.347 e. The number of aliphatic imine (C=N–C) groups is 1. The zero-order valence-electron chi connectivity index (χ0n) is 22.4. The molecule has 0 saturated heterocycles. The van der Waals surface area contributed by atoms with Crippen LogP contribution in [0, 0.1) is 0 Å². The molecule has 0 radical (unpaired) electrons. The summed E-state index contributed by atoms with van der Waals surface area (Å²) in [5.41, 5.74) is -0.844. The van der Waals surface area contributed by atoms with Crippen LogP contribution in [0.4, 0.5) is 0 Å². The smallest absolute Gasteiger partial charge is 0.347 e. The van der Waals surface area contributed by atoms with Crippen LogP contribution in [0.3, 0.4) is 0 Å². The monoisotopic (exact) mass is 521 g/mol. The summed E-state index contributed by atoms with van der Waals surface area (Å²) in [6, 6.07) is 14.0. The molecule has 0 spiro atoms. The van der Waals surface area contributed by atoms with Crippen LogP contribution in [0.25, 0.3) is 0 Å². The number of carboxylic acid groups (broad SMARTS) is 1. The lowest BCUT2D eigenvalue weighted by molar-refractivity contribution is -0.152. The van der Waals surface area contributed by atoms with E-state index in [1.807, 2.05) is 37.3 Å². The first kappa shape index (κ1) is 29.8. The maximum atomic E-state index is 11.2. The van der Waals surface area contributed by atoms with Crippen LogP contribution in [0.1, 0.15) is 34.1 Å². The highest BCUT2D eigenvalue weighted by Crippen LogP contribution is 2.23. The summed E-state index contributed by atoms with van der Waals surface area (Å²) < 4.78 is 22.3. The van der Waals surface area contributed by atoms with Gasteiger partial charge >= 0.3 is 5.97 Å². The predicted molar refractivity (Wildman–Crippen MR) is 148 cm³/mol. The Kier molecular flexibility index (Phi) is 11.7. The summed E-state index contributed by atoms with van der Waals surface area (Å²) in [5, 5.41) is 19.2. The molecule has 0 bridgehead atoms. The molecular weight excluding hydrogens is 486 g/mol. The van der Waals surface area contributed by atoms with E-state index in [-0.39, 0.29) is 12.4 Å². The molecule has 0 aliphatic heterocycles. The molecular formula is C30H35NO7. The summed E-state index contributed by atoms with van der Waals surface area (Å²) in [4.78, 5) is 15.5. The van der Waals surface area contributed by atoms with Gasteiger partial charge in [0.2, 0.25) is 0 Å². The van der Waals surface area contributed by atoms with E-state index < -0.39 is 11.6 Å². The second kappa shape index (κ2) is 14.9. The molecule has 2 aromatic rings. The number of benzene rings is 2. The number of aliphatic carboxylic acids is 1. The van der Waals surface area contributed by atoms with E-state index in [0.29, 0.717) is 40.9 Å². The number of rotatable bonds is 14. The minimum absolute atomic E-state index is 0.101. The van der Waals surface area contributed by atoms with E-state index in [2.05, 4.69) is 4.99 Å². The van der Waals surface area contributed by atoms with E-state index in [4.69, 9.17) is 18.9 Å². The van der Waals surface area contributed by atoms with Crippen molar-refractivity contribution in [1.29, 1.82) is 0 Å². The van der Waals surface area contributed by atoms with Crippen LogP contribution in [0.5, 0.6) is 23.0 Å². The molecule has 0 heterocycles. The quantitative estimate of drug-likeness (QED) is 0.163. The number of hydrogen-bond acceptors (Lipinski definition) is 7. The van der Waals surface area contributed by atoms with Gasteiger partial charge in [-0.25, -0.2) is 4.79 Å². The summed E-state index contributed by atoms with van der Waals surface area (Å²) in [5.74, 6) is 2.06. The molecule has 0 fully saturated rings. The van der Waals surface area contributed by atoms with Crippen LogP contribution in [0.2, 0.25) is 0 Å². The number of allylic oxidation sites excluding steroid dienone is 6. The molecule has 0 unspecified atom stereocenters. The lowest BCUT2D eigenvalue weighted by Gasteiger charge is -2.21. The van der Waals surface area contributed by atoms with Gasteiger partial charge in [0.1, 0.15) is 34.5 Å². The Morgan fingerprint density at radius 1 is 1.00 bits per heavy atom. The van der Waals surface area contributed by atoms with Crippen molar-refractivity contribution >= 4 is 12.2 Å². The van der Waals surface area contributed by atoms with Gasteiger partial charge < -0.3 is 29.2 Å². The van der Waals surface area contributed by atoms with Gasteiger partial charge in [-0.2, -0.15) is 0 Å². The average molecular weight is 522 g/mol. The fourth-order valence-electron chi connectivity index (χ4n) is 2.97. The first-order valence-corrected chi connectivity index (χ1v) is 12.0. The second-order valence-corrected chi connectivity index (χ2v) is 8.53. The maximum absolute atomic E-state index is 11.2. The number of carbonyl (C=O) groups is 1. The molecule has 8 nitrogen and oxygen atoms in total. The molecule has 202 valence electrons. The standard InChI is InChI=1S/C30H35NO7/c1-6-10-24(37-27-13-9-12-26(21-27)35-5)11-7-8-19-31-28(22(2)32)18-20-36-23-14-16-25(17-15-23)38-30(3,4)29(33)34/h6-17,19,21,32H,18,20H2,1-5H3,(H,33,34)/b8-7+,10-6-,24-11+,28-22-,31-19+. The molecule has 8 heteroatoms. The molecule has 38 heavy (non-hydrogen) atoms. The highest BCUT2D eigenvalue weighted by atomic mass is 16.5. The zero-order valence-corrected chi connectivity index (χ0v) is 22.4. The van der Waals surface area contributed by atoms with Gasteiger partial charge in [0.25, 0.3) is 0 Å². The third kappa shape index (κ3) is 10.3. The fraction of sp³-hybridized carbons (Fsp3) is 0.267. The number of hydrogen-bond donors (Lipinski definition) is 2. The van der Waals surface area contributed by atoms with Crippen LogP contribution < -0.4 is 18.9 Å². The van der Waals surface area contributed by atoms with Gasteiger partial charge in [0.05, 0.1) is 19.4 Å². The Hall–Kier alpha value is -4.46. The third-order valence-corrected chi connectivity index (χ3v) is 5.03. The van der Waals surface area contributed by atoms with Gasteiger partial charge in [-0.15, -0.1) is 0 Å². The normalized spacial score (nSPS) is 13.1. The van der Waals surface area contributed by atoms with Crippen molar-refractivity contribution in [2.24, 2.45) is 4.99 Å². The van der Waals surface area contributed by atoms with Crippen molar-refractivity contribution in [1.82, 2.24) is 0 Å². The van der Waals surface area contributed by atoms with Crippen molar-refractivity contribution in [2.45, 2.75) is 39.7 Å².